The number of rotatable bonds is 4. The summed E-state index contributed by atoms with van der Waals surface area (Å²) in [7, 11) is 0. The molecule has 2 heterocycles. The zero-order valence-corrected chi connectivity index (χ0v) is 15.4. The van der Waals surface area contributed by atoms with Gasteiger partial charge in [0, 0.05) is 19.2 Å². The van der Waals surface area contributed by atoms with Crippen LogP contribution in [-0.2, 0) is 6.42 Å². The lowest BCUT2D eigenvalue weighted by atomic mass is 9.97. The number of carbonyl (C=O) groups is 1. The van der Waals surface area contributed by atoms with E-state index in [0.29, 0.717) is 43.8 Å². The molecule has 0 aliphatic carbocycles. The highest BCUT2D eigenvalue weighted by molar-refractivity contribution is 5.94. The second-order valence-corrected chi connectivity index (χ2v) is 7.05. The third-order valence-corrected chi connectivity index (χ3v) is 4.97. The molecule has 1 amide bonds. The normalized spacial score (nSPS) is 16.8. The Hall–Kier alpha value is -3.16. The van der Waals surface area contributed by atoms with Gasteiger partial charge in [-0.2, -0.15) is 0 Å². The van der Waals surface area contributed by atoms with Gasteiger partial charge >= 0.3 is 0 Å². The molecule has 0 bridgehead atoms. The highest BCUT2D eigenvalue weighted by Crippen LogP contribution is 2.28. The highest BCUT2D eigenvalue weighted by atomic mass is 19.1. The first-order valence-electron chi connectivity index (χ1n) is 9.30. The number of hydrogen-bond acceptors (Lipinski definition) is 4. The Bertz CT molecular complexity index is 1020. The molecule has 0 radical (unpaired) electrons. The third kappa shape index (κ3) is 4.31. The molecule has 0 saturated carbocycles. The summed E-state index contributed by atoms with van der Waals surface area (Å²) in [5.41, 5.74) is 0.684. The van der Waals surface area contributed by atoms with Crippen molar-refractivity contribution >= 4 is 5.91 Å². The number of hydrogen-bond donors (Lipinski definition) is 0. The van der Waals surface area contributed by atoms with Crippen LogP contribution in [0.4, 0.5) is 13.2 Å². The lowest BCUT2D eigenvalue weighted by Gasteiger charge is -2.31. The molecule has 1 fully saturated rings. The van der Waals surface area contributed by atoms with E-state index in [1.54, 1.807) is 12.1 Å². The smallest absolute Gasteiger partial charge is 0.256 e. The SMILES string of the molecule is O=C(c1ccc(F)cc1F)N1CCCC(c2nnc(Cc3ccc(F)cc3)o2)C1. The van der Waals surface area contributed by atoms with Crippen LogP contribution in [0.15, 0.2) is 46.9 Å². The van der Waals surface area contributed by atoms with Gasteiger partial charge in [0.1, 0.15) is 17.5 Å². The number of likely N-dealkylation sites (tertiary alicyclic amines) is 1. The zero-order valence-electron chi connectivity index (χ0n) is 15.4. The molecule has 5 nitrogen and oxygen atoms in total. The maximum absolute atomic E-state index is 14.0. The molecule has 1 unspecified atom stereocenters. The van der Waals surface area contributed by atoms with E-state index in [-0.39, 0.29) is 17.3 Å². The van der Waals surface area contributed by atoms with Crippen LogP contribution in [0.25, 0.3) is 0 Å². The third-order valence-electron chi connectivity index (χ3n) is 4.97. The molecule has 150 valence electrons. The summed E-state index contributed by atoms with van der Waals surface area (Å²) in [5.74, 6) is -1.75. The van der Waals surface area contributed by atoms with Crippen molar-refractivity contribution in [3.63, 3.8) is 0 Å². The zero-order chi connectivity index (χ0) is 20.4. The first kappa shape index (κ1) is 19.2. The van der Waals surface area contributed by atoms with E-state index < -0.39 is 17.5 Å². The molecule has 1 aliphatic heterocycles. The van der Waals surface area contributed by atoms with Gasteiger partial charge in [-0.15, -0.1) is 10.2 Å². The van der Waals surface area contributed by atoms with Gasteiger partial charge in [0.15, 0.2) is 0 Å². The Balaban J connectivity index is 1.45. The molecule has 0 spiro atoms. The van der Waals surface area contributed by atoms with Crippen LogP contribution in [0.3, 0.4) is 0 Å². The fraction of sp³-hybridized carbons (Fsp3) is 0.286. The van der Waals surface area contributed by atoms with Crippen molar-refractivity contribution in [1.29, 1.82) is 0 Å². The molecule has 1 aromatic heterocycles. The maximum Gasteiger partial charge on any atom is 0.256 e. The van der Waals surface area contributed by atoms with Crippen molar-refractivity contribution in [2.45, 2.75) is 25.2 Å². The van der Waals surface area contributed by atoms with Gasteiger partial charge in [-0.1, -0.05) is 12.1 Å². The first-order chi connectivity index (χ1) is 14.0. The van der Waals surface area contributed by atoms with E-state index in [2.05, 4.69) is 10.2 Å². The molecule has 1 saturated heterocycles. The van der Waals surface area contributed by atoms with Gasteiger partial charge in [-0.25, -0.2) is 13.2 Å². The van der Waals surface area contributed by atoms with E-state index in [1.807, 2.05) is 0 Å². The molecular formula is C21H18F3N3O2. The highest BCUT2D eigenvalue weighted by Gasteiger charge is 2.30. The fourth-order valence-electron chi connectivity index (χ4n) is 3.48. The standard InChI is InChI=1S/C21H18F3N3O2/c22-15-5-3-13(4-6-15)10-19-25-26-20(29-19)14-2-1-9-27(12-14)21(28)17-8-7-16(23)11-18(17)24/h3-8,11,14H,1-2,9-10,12H2. The van der Waals surface area contributed by atoms with Crippen LogP contribution < -0.4 is 0 Å². The maximum atomic E-state index is 14.0. The molecule has 1 aliphatic rings. The number of nitrogens with zero attached hydrogens (tertiary/aromatic N) is 3. The molecule has 1 atom stereocenters. The minimum absolute atomic E-state index is 0.158. The Morgan fingerprint density at radius 2 is 1.83 bits per heavy atom. The second-order valence-electron chi connectivity index (χ2n) is 7.05. The molecule has 2 aromatic carbocycles. The number of amides is 1. The Morgan fingerprint density at radius 3 is 2.59 bits per heavy atom. The number of benzene rings is 2. The van der Waals surface area contributed by atoms with Crippen LogP contribution in [0.5, 0.6) is 0 Å². The molecular weight excluding hydrogens is 383 g/mol. The van der Waals surface area contributed by atoms with Crippen LogP contribution in [0, 0.1) is 17.5 Å². The quantitative estimate of drug-likeness (QED) is 0.661. The van der Waals surface area contributed by atoms with Crippen LogP contribution in [0.2, 0.25) is 0 Å². The molecule has 3 aromatic rings. The summed E-state index contributed by atoms with van der Waals surface area (Å²) in [6.45, 7) is 0.788. The van der Waals surface area contributed by atoms with Gasteiger partial charge in [0.25, 0.3) is 5.91 Å². The Morgan fingerprint density at radius 1 is 1.07 bits per heavy atom. The topological polar surface area (TPSA) is 59.2 Å². The molecule has 0 N–H and O–H groups in total. The summed E-state index contributed by atoms with van der Waals surface area (Å²) in [6, 6.07) is 8.96. The van der Waals surface area contributed by atoms with Crippen molar-refractivity contribution in [1.82, 2.24) is 15.1 Å². The van der Waals surface area contributed by atoms with Crippen molar-refractivity contribution in [3.8, 4) is 0 Å². The van der Waals surface area contributed by atoms with E-state index >= 15 is 0 Å². The van der Waals surface area contributed by atoms with Gasteiger partial charge < -0.3 is 9.32 Å². The Labute approximate surface area is 165 Å². The molecule has 8 heteroatoms. The average molecular weight is 401 g/mol. The van der Waals surface area contributed by atoms with Crippen LogP contribution in [0.1, 0.15) is 46.5 Å². The average Bonchev–Trinajstić information content (AvgIpc) is 3.18. The van der Waals surface area contributed by atoms with E-state index in [9.17, 15) is 18.0 Å². The fourth-order valence-corrected chi connectivity index (χ4v) is 3.48. The minimum Gasteiger partial charge on any atom is -0.425 e. The first-order valence-corrected chi connectivity index (χ1v) is 9.30. The monoisotopic (exact) mass is 401 g/mol. The largest absolute Gasteiger partial charge is 0.425 e. The van der Waals surface area contributed by atoms with Crippen LogP contribution in [-0.4, -0.2) is 34.1 Å². The van der Waals surface area contributed by atoms with Crippen molar-refractivity contribution < 1.29 is 22.4 Å². The lowest BCUT2D eigenvalue weighted by Crippen LogP contribution is -2.39. The van der Waals surface area contributed by atoms with Crippen LogP contribution >= 0.6 is 0 Å². The number of piperidine rings is 1. The molecule has 4 rings (SSSR count). The summed E-state index contributed by atoms with van der Waals surface area (Å²) in [6.07, 6.45) is 1.84. The summed E-state index contributed by atoms with van der Waals surface area (Å²) >= 11 is 0. The van der Waals surface area contributed by atoms with Gasteiger partial charge in [-0.3, -0.25) is 4.79 Å². The minimum atomic E-state index is -0.878. The van der Waals surface area contributed by atoms with E-state index in [0.717, 1.165) is 24.1 Å². The van der Waals surface area contributed by atoms with Gasteiger partial charge in [0.05, 0.1) is 17.9 Å². The number of carbonyl (C=O) groups excluding carboxylic acids is 1. The van der Waals surface area contributed by atoms with Crippen molar-refractivity contribution in [2.75, 3.05) is 13.1 Å². The predicted octanol–water partition coefficient (Wildman–Crippen LogP) is 4.10. The Kier molecular flexibility index (Phi) is 5.33. The van der Waals surface area contributed by atoms with Crippen molar-refractivity contribution in [2.24, 2.45) is 0 Å². The van der Waals surface area contributed by atoms with Gasteiger partial charge in [-0.05, 0) is 42.7 Å². The van der Waals surface area contributed by atoms with Gasteiger partial charge in [0.2, 0.25) is 11.8 Å². The second kappa shape index (κ2) is 8.06. The van der Waals surface area contributed by atoms with E-state index in [1.165, 1.54) is 17.0 Å². The summed E-state index contributed by atoms with van der Waals surface area (Å²) in [5, 5.41) is 8.14. The number of aromatic nitrogens is 2. The van der Waals surface area contributed by atoms with Crippen molar-refractivity contribution in [3.05, 3.63) is 82.8 Å². The molecule has 29 heavy (non-hydrogen) atoms. The predicted molar refractivity (Wildman–Crippen MR) is 97.7 cm³/mol. The van der Waals surface area contributed by atoms with E-state index in [4.69, 9.17) is 4.42 Å². The number of halogens is 3. The summed E-state index contributed by atoms with van der Waals surface area (Å²) < 4.78 is 45.8. The summed E-state index contributed by atoms with van der Waals surface area (Å²) in [4.78, 5) is 14.2. The lowest BCUT2D eigenvalue weighted by molar-refractivity contribution is 0.0693.